The summed E-state index contributed by atoms with van der Waals surface area (Å²) in [4.78, 5) is 0. The van der Waals surface area contributed by atoms with Crippen molar-refractivity contribution in [2.24, 2.45) is 0 Å². The molecular formula is C12H16FNO. The van der Waals surface area contributed by atoms with Gasteiger partial charge in [0, 0.05) is 0 Å². The van der Waals surface area contributed by atoms with Gasteiger partial charge in [0.2, 0.25) is 0 Å². The predicted molar refractivity (Wildman–Crippen MR) is 59.6 cm³/mol. The van der Waals surface area contributed by atoms with Gasteiger partial charge in [-0.25, -0.2) is 4.39 Å². The van der Waals surface area contributed by atoms with Gasteiger partial charge in [-0.15, -0.1) is 6.58 Å². The Morgan fingerprint density at radius 2 is 2.33 bits per heavy atom. The molecule has 1 aromatic rings. The van der Waals surface area contributed by atoms with Gasteiger partial charge in [-0.05, 0) is 24.2 Å². The van der Waals surface area contributed by atoms with Crippen molar-refractivity contribution in [3.05, 3.63) is 42.2 Å². The van der Waals surface area contributed by atoms with E-state index in [-0.39, 0.29) is 17.6 Å². The maximum atomic E-state index is 13.4. The number of halogens is 1. The first-order chi connectivity index (χ1) is 7.22. The average Bonchev–Trinajstić information content (AvgIpc) is 2.25. The second kappa shape index (κ2) is 5.51. The molecule has 82 valence electrons. The van der Waals surface area contributed by atoms with E-state index < -0.39 is 0 Å². The molecule has 0 radical (unpaired) electrons. The van der Waals surface area contributed by atoms with Crippen LogP contribution in [0.2, 0.25) is 0 Å². The van der Waals surface area contributed by atoms with Gasteiger partial charge < -0.3 is 10.1 Å². The second-order valence-electron chi connectivity index (χ2n) is 3.17. The summed E-state index contributed by atoms with van der Waals surface area (Å²) in [6, 6.07) is 4.90. The Kier molecular flexibility index (Phi) is 4.31. The zero-order valence-electron chi connectivity index (χ0n) is 9.09. The topological polar surface area (TPSA) is 21.3 Å². The summed E-state index contributed by atoms with van der Waals surface area (Å²) in [5.41, 5.74) is 0.852. The molecule has 0 aromatic heterocycles. The van der Waals surface area contributed by atoms with Gasteiger partial charge in [0.15, 0.2) is 11.6 Å². The molecule has 1 N–H and O–H groups in total. The van der Waals surface area contributed by atoms with Crippen LogP contribution in [0.3, 0.4) is 0 Å². The Labute approximate surface area is 89.8 Å². The fraction of sp³-hybridized carbons (Fsp3) is 0.333. The molecule has 15 heavy (non-hydrogen) atoms. The van der Waals surface area contributed by atoms with Crippen molar-refractivity contribution in [1.82, 2.24) is 5.32 Å². The fourth-order valence-corrected chi connectivity index (χ4v) is 1.43. The van der Waals surface area contributed by atoms with Crippen molar-refractivity contribution < 1.29 is 9.13 Å². The van der Waals surface area contributed by atoms with E-state index in [2.05, 4.69) is 11.9 Å². The quantitative estimate of drug-likeness (QED) is 0.753. The van der Waals surface area contributed by atoms with Crippen LogP contribution in [0.4, 0.5) is 4.39 Å². The first-order valence-corrected chi connectivity index (χ1v) is 4.92. The summed E-state index contributed by atoms with van der Waals surface area (Å²) < 4.78 is 18.3. The number of nitrogens with one attached hydrogen (secondary N) is 1. The third kappa shape index (κ3) is 2.80. The monoisotopic (exact) mass is 209 g/mol. The molecule has 0 heterocycles. The lowest BCUT2D eigenvalue weighted by Gasteiger charge is -2.14. The molecule has 0 spiro atoms. The van der Waals surface area contributed by atoms with E-state index in [4.69, 9.17) is 4.74 Å². The number of likely N-dealkylation sites (N-methyl/N-ethyl adjacent to an activating group) is 1. The third-order valence-corrected chi connectivity index (χ3v) is 2.19. The predicted octanol–water partition coefficient (Wildman–Crippen LogP) is 2.67. The van der Waals surface area contributed by atoms with Crippen LogP contribution >= 0.6 is 0 Å². The molecule has 1 rings (SSSR count). The van der Waals surface area contributed by atoms with E-state index in [0.717, 1.165) is 12.1 Å². The first-order valence-electron chi connectivity index (χ1n) is 4.92. The minimum absolute atomic E-state index is 0.0181. The molecule has 2 nitrogen and oxygen atoms in total. The van der Waals surface area contributed by atoms with E-state index >= 15 is 0 Å². The van der Waals surface area contributed by atoms with Crippen LogP contribution in [0.1, 0.15) is 18.5 Å². The van der Waals surface area contributed by atoms with Crippen LogP contribution in [-0.2, 0) is 0 Å². The van der Waals surface area contributed by atoms with E-state index in [1.807, 2.05) is 13.0 Å². The summed E-state index contributed by atoms with van der Waals surface area (Å²) in [5.74, 6) is -0.0854. The van der Waals surface area contributed by atoms with E-state index in [1.165, 1.54) is 13.2 Å². The fourth-order valence-electron chi connectivity index (χ4n) is 1.43. The second-order valence-corrected chi connectivity index (χ2v) is 3.17. The van der Waals surface area contributed by atoms with E-state index in [0.29, 0.717) is 0 Å². The highest BCUT2D eigenvalue weighted by atomic mass is 19.1. The van der Waals surface area contributed by atoms with Crippen LogP contribution in [0.15, 0.2) is 30.9 Å². The maximum absolute atomic E-state index is 13.4. The Morgan fingerprint density at radius 3 is 2.80 bits per heavy atom. The van der Waals surface area contributed by atoms with Gasteiger partial charge in [0.25, 0.3) is 0 Å². The maximum Gasteiger partial charge on any atom is 0.165 e. The lowest BCUT2D eigenvalue weighted by molar-refractivity contribution is 0.386. The number of rotatable bonds is 5. The van der Waals surface area contributed by atoms with Crippen molar-refractivity contribution in [2.75, 3.05) is 13.7 Å². The summed E-state index contributed by atoms with van der Waals surface area (Å²) >= 11 is 0. The van der Waals surface area contributed by atoms with Crippen molar-refractivity contribution in [3.8, 4) is 5.75 Å². The van der Waals surface area contributed by atoms with Crippen LogP contribution in [-0.4, -0.2) is 13.7 Å². The average molecular weight is 209 g/mol. The summed E-state index contributed by atoms with van der Waals surface area (Å²) in [7, 11) is 1.45. The molecule has 0 amide bonds. The smallest absolute Gasteiger partial charge is 0.165 e. The highest BCUT2D eigenvalue weighted by Crippen LogP contribution is 2.22. The van der Waals surface area contributed by atoms with Crippen molar-refractivity contribution in [1.29, 1.82) is 0 Å². The van der Waals surface area contributed by atoms with Gasteiger partial charge in [-0.3, -0.25) is 0 Å². The number of hydrogen-bond acceptors (Lipinski definition) is 2. The largest absolute Gasteiger partial charge is 0.494 e. The molecule has 0 fully saturated rings. The van der Waals surface area contributed by atoms with Gasteiger partial charge in [0.1, 0.15) is 0 Å². The Hall–Kier alpha value is -1.35. The SMILES string of the molecule is C=CC(NCC)c1ccc(OC)c(F)c1. The minimum Gasteiger partial charge on any atom is -0.494 e. The number of ether oxygens (including phenoxy) is 1. The summed E-state index contributed by atoms with van der Waals surface area (Å²) in [5, 5.41) is 3.19. The van der Waals surface area contributed by atoms with Gasteiger partial charge in [0.05, 0.1) is 13.2 Å². The molecular weight excluding hydrogens is 193 g/mol. The van der Waals surface area contributed by atoms with Crippen LogP contribution in [0.5, 0.6) is 5.75 Å². The number of hydrogen-bond donors (Lipinski definition) is 1. The van der Waals surface area contributed by atoms with Gasteiger partial charge in [-0.2, -0.15) is 0 Å². The highest BCUT2D eigenvalue weighted by Gasteiger charge is 2.09. The molecule has 0 aliphatic heterocycles. The molecule has 0 bridgehead atoms. The van der Waals surface area contributed by atoms with E-state index in [9.17, 15) is 4.39 Å². The lowest BCUT2D eigenvalue weighted by Crippen LogP contribution is -2.18. The van der Waals surface area contributed by atoms with Crippen molar-refractivity contribution >= 4 is 0 Å². The van der Waals surface area contributed by atoms with Crippen LogP contribution < -0.4 is 10.1 Å². The van der Waals surface area contributed by atoms with Gasteiger partial charge >= 0.3 is 0 Å². The Bertz CT molecular complexity index is 338. The zero-order chi connectivity index (χ0) is 11.3. The van der Waals surface area contributed by atoms with E-state index in [1.54, 1.807) is 12.1 Å². The summed E-state index contributed by atoms with van der Waals surface area (Å²) in [6.45, 7) is 6.52. The Balaban J connectivity index is 2.94. The lowest BCUT2D eigenvalue weighted by atomic mass is 10.1. The molecule has 0 aliphatic rings. The molecule has 1 unspecified atom stereocenters. The van der Waals surface area contributed by atoms with Crippen molar-refractivity contribution in [2.45, 2.75) is 13.0 Å². The summed E-state index contributed by atoms with van der Waals surface area (Å²) in [6.07, 6.45) is 1.75. The molecule has 0 saturated heterocycles. The normalized spacial score (nSPS) is 12.2. The van der Waals surface area contributed by atoms with Gasteiger partial charge in [-0.1, -0.05) is 19.1 Å². The van der Waals surface area contributed by atoms with Crippen molar-refractivity contribution in [3.63, 3.8) is 0 Å². The molecule has 1 aromatic carbocycles. The first kappa shape index (κ1) is 11.7. The standard InChI is InChI=1S/C12H16FNO/c1-4-11(14-5-2)9-6-7-12(15-3)10(13)8-9/h4,6-8,11,14H,1,5H2,2-3H3. The molecule has 0 saturated carbocycles. The Morgan fingerprint density at radius 1 is 1.60 bits per heavy atom. The molecule has 0 aliphatic carbocycles. The highest BCUT2D eigenvalue weighted by molar-refractivity contribution is 5.32. The number of benzene rings is 1. The van der Waals surface area contributed by atoms with Crippen LogP contribution in [0.25, 0.3) is 0 Å². The third-order valence-electron chi connectivity index (χ3n) is 2.19. The van der Waals surface area contributed by atoms with Crippen LogP contribution in [0, 0.1) is 5.82 Å². The number of methoxy groups -OCH3 is 1. The molecule has 1 atom stereocenters. The zero-order valence-corrected chi connectivity index (χ0v) is 9.09. The minimum atomic E-state index is -0.347. The molecule has 3 heteroatoms.